The summed E-state index contributed by atoms with van der Waals surface area (Å²) in [4.78, 5) is 2.24. The number of hydrogen-bond acceptors (Lipinski definition) is 2. The van der Waals surface area contributed by atoms with Crippen LogP contribution in [0, 0.1) is 11.7 Å². The van der Waals surface area contributed by atoms with Crippen molar-refractivity contribution in [3.63, 3.8) is 0 Å². The van der Waals surface area contributed by atoms with E-state index in [0.29, 0.717) is 5.92 Å². The maximum Gasteiger partial charge on any atom is 0.123 e. The third-order valence-electron chi connectivity index (χ3n) is 3.47. The zero-order valence-corrected chi connectivity index (χ0v) is 9.56. The summed E-state index contributed by atoms with van der Waals surface area (Å²) in [6.45, 7) is 2.16. The van der Waals surface area contributed by atoms with E-state index in [1.54, 1.807) is 0 Å². The molecule has 0 aromatic heterocycles. The molecule has 1 N–H and O–H groups in total. The number of halogens is 1. The molecule has 0 radical (unpaired) electrons. The van der Waals surface area contributed by atoms with Gasteiger partial charge in [0.15, 0.2) is 0 Å². The van der Waals surface area contributed by atoms with E-state index in [-0.39, 0.29) is 18.3 Å². The first kappa shape index (κ1) is 11.6. The Morgan fingerprint density at radius 3 is 2.69 bits per heavy atom. The lowest BCUT2D eigenvalue weighted by Crippen LogP contribution is -2.38. The van der Waals surface area contributed by atoms with Crippen molar-refractivity contribution in [1.29, 1.82) is 0 Å². The molecule has 16 heavy (non-hydrogen) atoms. The van der Waals surface area contributed by atoms with Gasteiger partial charge < -0.3 is 10.0 Å². The molecule has 0 saturated carbocycles. The van der Waals surface area contributed by atoms with Crippen molar-refractivity contribution in [2.24, 2.45) is 5.92 Å². The summed E-state index contributed by atoms with van der Waals surface area (Å²) >= 11 is 0. The molecule has 2 atom stereocenters. The predicted molar refractivity (Wildman–Crippen MR) is 61.8 cm³/mol. The summed E-state index contributed by atoms with van der Waals surface area (Å²) in [7, 11) is 2.07. The van der Waals surface area contributed by atoms with Crippen molar-refractivity contribution in [1.82, 2.24) is 4.90 Å². The molecule has 2 rings (SSSR count). The van der Waals surface area contributed by atoms with Gasteiger partial charge in [-0.15, -0.1) is 0 Å². The van der Waals surface area contributed by atoms with E-state index in [9.17, 15) is 9.50 Å². The van der Waals surface area contributed by atoms with E-state index >= 15 is 0 Å². The average molecular weight is 223 g/mol. The summed E-state index contributed by atoms with van der Waals surface area (Å²) in [6, 6.07) is 6.69. The van der Waals surface area contributed by atoms with Crippen LogP contribution in [-0.4, -0.2) is 36.8 Å². The van der Waals surface area contributed by atoms with E-state index in [4.69, 9.17) is 0 Å². The molecule has 1 aromatic carbocycles. The molecule has 0 aliphatic carbocycles. The number of benzene rings is 1. The van der Waals surface area contributed by atoms with Crippen molar-refractivity contribution in [3.8, 4) is 0 Å². The Balaban J connectivity index is 2.15. The molecule has 0 amide bonds. The van der Waals surface area contributed by atoms with Crippen molar-refractivity contribution >= 4 is 0 Å². The Hall–Kier alpha value is -0.930. The van der Waals surface area contributed by atoms with Gasteiger partial charge in [0, 0.05) is 19.1 Å². The van der Waals surface area contributed by atoms with Gasteiger partial charge in [-0.25, -0.2) is 4.39 Å². The fourth-order valence-corrected chi connectivity index (χ4v) is 2.55. The van der Waals surface area contributed by atoms with E-state index < -0.39 is 0 Å². The van der Waals surface area contributed by atoms with Crippen LogP contribution in [0.15, 0.2) is 24.3 Å². The number of nitrogens with zero attached hydrogens (tertiary/aromatic N) is 1. The van der Waals surface area contributed by atoms with Crippen LogP contribution in [-0.2, 0) is 0 Å². The maximum absolute atomic E-state index is 12.8. The smallest absolute Gasteiger partial charge is 0.123 e. The molecule has 2 nitrogen and oxygen atoms in total. The molecule has 0 unspecified atom stereocenters. The van der Waals surface area contributed by atoms with Crippen molar-refractivity contribution in [2.75, 3.05) is 26.7 Å². The topological polar surface area (TPSA) is 23.5 Å². The molecular weight excluding hydrogens is 205 g/mol. The van der Waals surface area contributed by atoms with Gasteiger partial charge in [-0.3, -0.25) is 0 Å². The Bertz CT molecular complexity index is 338. The van der Waals surface area contributed by atoms with Gasteiger partial charge in [0.05, 0.1) is 0 Å². The van der Waals surface area contributed by atoms with Crippen LogP contribution < -0.4 is 0 Å². The van der Waals surface area contributed by atoms with Crippen molar-refractivity contribution in [2.45, 2.75) is 12.3 Å². The van der Waals surface area contributed by atoms with Crippen LogP contribution in [0.2, 0.25) is 0 Å². The number of piperidine rings is 1. The quantitative estimate of drug-likeness (QED) is 0.827. The molecular formula is C13H18FNO. The third-order valence-corrected chi connectivity index (χ3v) is 3.47. The van der Waals surface area contributed by atoms with Crippen LogP contribution in [0.5, 0.6) is 0 Å². The van der Waals surface area contributed by atoms with Crippen molar-refractivity contribution in [3.05, 3.63) is 35.6 Å². The normalized spacial score (nSPS) is 26.9. The minimum atomic E-state index is -0.197. The van der Waals surface area contributed by atoms with Gasteiger partial charge in [0.2, 0.25) is 0 Å². The largest absolute Gasteiger partial charge is 0.396 e. The number of hydrogen-bond donors (Lipinski definition) is 1. The van der Waals surface area contributed by atoms with Crippen LogP contribution in [0.1, 0.15) is 17.9 Å². The minimum absolute atomic E-state index is 0.197. The maximum atomic E-state index is 12.8. The highest BCUT2D eigenvalue weighted by Gasteiger charge is 2.28. The lowest BCUT2D eigenvalue weighted by Gasteiger charge is -2.36. The Labute approximate surface area is 95.7 Å². The summed E-state index contributed by atoms with van der Waals surface area (Å²) in [5.74, 6) is 0.434. The van der Waals surface area contributed by atoms with Gasteiger partial charge >= 0.3 is 0 Å². The van der Waals surface area contributed by atoms with Gasteiger partial charge in [0.1, 0.15) is 5.82 Å². The molecule has 1 heterocycles. The van der Waals surface area contributed by atoms with Gasteiger partial charge in [-0.2, -0.15) is 0 Å². The number of aliphatic hydroxyl groups is 1. The summed E-state index contributed by atoms with van der Waals surface area (Å²) in [6.07, 6.45) is 1.04. The number of likely N-dealkylation sites (tertiary alicyclic amines) is 1. The highest BCUT2D eigenvalue weighted by molar-refractivity contribution is 5.22. The molecule has 1 aromatic rings. The van der Waals surface area contributed by atoms with Crippen LogP contribution in [0.25, 0.3) is 0 Å². The summed E-state index contributed by atoms with van der Waals surface area (Å²) in [5.41, 5.74) is 1.15. The number of aliphatic hydroxyl groups excluding tert-OH is 1. The van der Waals surface area contributed by atoms with E-state index in [1.165, 1.54) is 12.1 Å². The average Bonchev–Trinajstić information content (AvgIpc) is 2.30. The monoisotopic (exact) mass is 223 g/mol. The second kappa shape index (κ2) is 4.93. The van der Waals surface area contributed by atoms with Gasteiger partial charge in [-0.1, -0.05) is 12.1 Å². The Kier molecular flexibility index (Phi) is 3.56. The predicted octanol–water partition coefficient (Wildman–Crippen LogP) is 1.85. The first-order chi connectivity index (χ1) is 7.70. The zero-order valence-electron chi connectivity index (χ0n) is 9.56. The fraction of sp³-hybridized carbons (Fsp3) is 0.538. The first-order valence-corrected chi connectivity index (χ1v) is 5.75. The molecule has 1 aliphatic rings. The standard InChI is InChI=1S/C13H18FNO/c1-15-7-6-13(11(8-15)9-16)10-2-4-12(14)5-3-10/h2-5,11,13,16H,6-9H2,1H3/t11-,13-/m1/s1. The van der Waals surface area contributed by atoms with Crippen LogP contribution >= 0.6 is 0 Å². The van der Waals surface area contributed by atoms with Crippen LogP contribution in [0.4, 0.5) is 4.39 Å². The first-order valence-electron chi connectivity index (χ1n) is 5.75. The van der Waals surface area contributed by atoms with Crippen molar-refractivity contribution < 1.29 is 9.50 Å². The van der Waals surface area contributed by atoms with E-state index in [0.717, 1.165) is 25.1 Å². The molecule has 0 bridgehead atoms. The second-order valence-corrected chi connectivity index (χ2v) is 4.65. The third kappa shape index (κ3) is 2.42. The molecule has 0 spiro atoms. The SMILES string of the molecule is CN1CC[C@H](c2ccc(F)cc2)[C@@H](CO)C1. The number of rotatable bonds is 2. The molecule has 1 saturated heterocycles. The Morgan fingerprint density at radius 1 is 1.38 bits per heavy atom. The highest BCUT2D eigenvalue weighted by atomic mass is 19.1. The second-order valence-electron chi connectivity index (χ2n) is 4.65. The molecule has 88 valence electrons. The molecule has 1 aliphatic heterocycles. The van der Waals surface area contributed by atoms with Gasteiger partial charge in [0.25, 0.3) is 0 Å². The summed E-state index contributed by atoms with van der Waals surface area (Å²) < 4.78 is 12.8. The van der Waals surface area contributed by atoms with Crippen LogP contribution in [0.3, 0.4) is 0 Å². The minimum Gasteiger partial charge on any atom is -0.396 e. The summed E-state index contributed by atoms with van der Waals surface area (Å²) in [5, 5.41) is 9.39. The lowest BCUT2D eigenvalue weighted by molar-refractivity contribution is 0.118. The molecule has 3 heteroatoms. The fourth-order valence-electron chi connectivity index (χ4n) is 2.55. The Morgan fingerprint density at radius 2 is 2.06 bits per heavy atom. The molecule has 1 fully saturated rings. The van der Waals surface area contributed by atoms with E-state index in [2.05, 4.69) is 11.9 Å². The highest BCUT2D eigenvalue weighted by Crippen LogP contribution is 2.32. The lowest BCUT2D eigenvalue weighted by atomic mass is 9.81. The van der Waals surface area contributed by atoms with E-state index in [1.807, 2.05) is 12.1 Å². The van der Waals surface area contributed by atoms with Gasteiger partial charge in [-0.05, 0) is 43.6 Å². The zero-order chi connectivity index (χ0) is 11.5.